The second-order valence-electron chi connectivity index (χ2n) is 4.92. The highest BCUT2D eigenvalue weighted by Gasteiger charge is 2.13. The first-order valence-corrected chi connectivity index (χ1v) is 7.23. The molecule has 0 unspecified atom stereocenters. The second-order valence-corrected chi connectivity index (χ2v) is 4.92. The highest BCUT2D eigenvalue weighted by Crippen LogP contribution is 2.31. The van der Waals surface area contributed by atoms with Crippen LogP contribution in [0.2, 0.25) is 0 Å². The third kappa shape index (κ3) is 3.21. The summed E-state index contributed by atoms with van der Waals surface area (Å²) < 4.78 is 6.48. The average molecular weight is 304 g/mol. The molecule has 0 amide bonds. The van der Waals surface area contributed by atoms with Gasteiger partial charge in [-0.2, -0.15) is 0 Å². The van der Waals surface area contributed by atoms with Crippen molar-refractivity contribution in [3.05, 3.63) is 73.1 Å². The van der Waals surface area contributed by atoms with E-state index in [1.54, 1.807) is 12.5 Å². The first-order valence-electron chi connectivity index (χ1n) is 7.23. The van der Waals surface area contributed by atoms with Crippen LogP contribution in [0.25, 0.3) is 28.7 Å². The standard InChI is InChI=1S/C19H16N2O2/c1-23-17(22)12-13-21-14-20-18(15-8-4-2-5-9-15)19(21)16-10-6-3-7-11-16/h2-14H,1H3/b13-12+. The van der Waals surface area contributed by atoms with Crippen LogP contribution in [0.5, 0.6) is 0 Å². The summed E-state index contributed by atoms with van der Waals surface area (Å²) in [5.74, 6) is -0.404. The van der Waals surface area contributed by atoms with Gasteiger partial charge in [0.25, 0.3) is 0 Å². The van der Waals surface area contributed by atoms with E-state index in [4.69, 9.17) is 0 Å². The summed E-state index contributed by atoms with van der Waals surface area (Å²) in [6.45, 7) is 0. The summed E-state index contributed by atoms with van der Waals surface area (Å²) in [5, 5.41) is 0. The Morgan fingerprint density at radius 3 is 2.22 bits per heavy atom. The zero-order valence-electron chi connectivity index (χ0n) is 12.7. The lowest BCUT2D eigenvalue weighted by Crippen LogP contribution is -1.96. The van der Waals surface area contributed by atoms with Gasteiger partial charge in [-0.3, -0.25) is 0 Å². The minimum absolute atomic E-state index is 0.404. The minimum Gasteiger partial charge on any atom is -0.466 e. The predicted octanol–water partition coefficient (Wildman–Crippen LogP) is 3.86. The maximum atomic E-state index is 11.4. The van der Waals surface area contributed by atoms with Crippen LogP contribution in [0.3, 0.4) is 0 Å². The Labute approximate surface area is 134 Å². The summed E-state index contributed by atoms with van der Waals surface area (Å²) in [5.41, 5.74) is 3.85. The molecule has 1 heterocycles. The van der Waals surface area contributed by atoms with Gasteiger partial charge in [-0.25, -0.2) is 9.78 Å². The number of esters is 1. The van der Waals surface area contributed by atoms with Crippen molar-refractivity contribution in [3.63, 3.8) is 0 Å². The maximum Gasteiger partial charge on any atom is 0.331 e. The fraction of sp³-hybridized carbons (Fsp3) is 0.0526. The predicted molar refractivity (Wildman–Crippen MR) is 90.4 cm³/mol. The van der Waals surface area contributed by atoms with E-state index in [1.807, 2.05) is 65.2 Å². The topological polar surface area (TPSA) is 44.1 Å². The highest BCUT2D eigenvalue weighted by molar-refractivity contribution is 5.86. The molecule has 3 aromatic rings. The molecule has 0 fully saturated rings. The number of imidazole rings is 1. The third-order valence-electron chi connectivity index (χ3n) is 3.46. The highest BCUT2D eigenvalue weighted by atomic mass is 16.5. The molecule has 3 rings (SSSR count). The van der Waals surface area contributed by atoms with Gasteiger partial charge in [0.15, 0.2) is 0 Å². The number of carbonyl (C=O) groups is 1. The molecule has 0 atom stereocenters. The summed E-state index contributed by atoms with van der Waals surface area (Å²) >= 11 is 0. The average Bonchev–Trinajstić information content (AvgIpc) is 3.05. The molecule has 0 radical (unpaired) electrons. The summed E-state index contributed by atoms with van der Waals surface area (Å²) in [7, 11) is 1.36. The van der Waals surface area contributed by atoms with Gasteiger partial charge in [-0.1, -0.05) is 60.7 Å². The van der Waals surface area contributed by atoms with Crippen LogP contribution in [0.1, 0.15) is 0 Å². The van der Waals surface area contributed by atoms with E-state index >= 15 is 0 Å². The number of hydrogen-bond acceptors (Lipinski definition) is 3. The van der Waals surface area contributed by atoms with Crippen molar-refractivity contribution in [2.24, 2.45) is 0 Å². The lowest BCUT2D eigenvalue weighted by molar-refractivity contribution is -0.134. The number of nitrogens with zero attached hydrogens (tertiary/aromatic N) is 2. The number of ether oxygens (including phenoxy) is 1. The summed E-state index contributed by atoms with van der Waals surface area (Å²) in [6.07, 6.45) is 4.74. The van der Waals surface area contributed by atoms with Crippen LogP contribution < -0.4 is 0 Å². The van der Waals surface area contributed by atoms with Gasteiger partial charge < -0.3 is 9.30 Å². The number of hydrogen-bond donors (Lipinski definition) is 0. The molecule has 0 aliphatic heterocycles. The van der Waals surface area contributed by atoms with E-state index in [0.29, 0.717) is 0 Å². The fourth-order valence-corrected chi connectivity index (χ4v) is 2.37. The number of rotatable bonds is 4. The van der Waals surface area contributed by atoms with Crippen molar-refractivity contribution in [1.82, 2.24) is 9.55 Å². The Bertz CT molecular complexity index is 821. The van der Waals surface area contributed by atoms with Gasteiger partial charge in [0.2, 0.25) is 0 Å². The van der Waals surface area contributed by atoms with Crippen molar-refractivity contribution in [2.45, 2.75) is 0 Å². The van der Waals surface area contributed by atoms with Crippen LogP contribution in [0.4, 0.5) is 0 Å². The molecular formula is C19H16N2O2. The Morgan fingerprint density at radius 1 is 1.00 bits per heavy atom. The fourth-order valence-electron chi connectivity index (χ4n) is 2.37. The van der Waals surface area contributed by atoms with Gasteiger partial charge in [-0.05, 0) is 0 Å². The molecule has 4 nitrogen and oxygen atoms in total. The largest absolute Gasteiger partial charge is 0.466 e. The molecule has 0 spiro atoms. The Hall–Kier alpha value is -3.14. The van der Waals surface area contributed by atoms with E-state index in [0.717, 1.165) is 22.5 Å². The van der Waals surface area contributed by atoms with Crippen molar-refractivity contribution < 1.29 is 9.53 Å². The SMILES string of the molecule is COC(=O)/C=C/n1cnc(-c2ccccc2)c1-c1ccccc1. The summed E-state index contributed by atoms with van der Waals surface area (Å²) in [4.78, 5) is 15.9. The zero-order chi connectivity index (χ0) is 16.1. The van der Waals surface area contributed by atoms with Gasteiger partial charge >= 0.3 is 5.97 Å². The van der Waals surface area contributed by atoms with Crippen molar-refractivity contribution in [2.75, 3.05) is 7.11 Å². The quantitative estimate of drug-likeness (QED) is 0.543. The van der Waals surface area contributed by atoms with Gasteiger partial charge in [0.05, 0.1) is 24.8 Å². The van der Waals surface area contributed by atoms with Gasteiger partial charge in [0, 0.05) is 23.4 Å². The van der Waals surface area contributed by atoms with Gasteiger partial charge in [-0.15, -0.1) is 0 Å². The number of benzene rings is 2. The third-order valence-corrected chi connectivity index (χ3v) is 3.46. The van der Waals surface area contributed by atoms with E-state index in [2.05, 4.69) is 9.72 Å². The smallest absolute Gasteiger partial charge is 0.331 e. The van der Waals surface area contributed by atoms with Gasteiger partial charge in [0.1, 0.15) is 0 Å². The minimum atomic E-state index is -0.404. The Balaban J connectivity index is 2.13. The molecule has 0 N–H and O–H groups in total. The van der Waals surface area contributed by atoms with E-state index < -0.39 is 5.97 Å². The second kappa shape index (κ2) is 6.75. The van der Waals surface area contributed by atoms with Crippen LogP contribution in [0, 0.1) is 0 Å². The molecule has 4 heteroatoms. The van der Waals surface area contributed by atoms with E-state index in [1.165, 1.54) is 13.2 Å². The zero-order valence-corrected chi connectivity index (χ0v) is 12.7. The number of carbonyl (C=O) groups excluding carboxylic acids is 1. The van der Waals surface area contributed by atoms with Crippen molar-refractivity contribution >= 4 is 12.2 Å². The lowest BCUT2D eigenvalue weighted by Gasteiger charge is -2.07. The van der Waals surface area contributed by atoms with Crippen LogP contribution in [0.15, 0.2) is 73.1 Å². The molecule has 0 aliphatic carbocycles. The molecule has 2 aromatic carbocycles. The molecular weight excluding hydrogens is 288 g/mol. The molecule has 23 heavy (non-hydrogen) atoms. The van der Waals surface area contributed by atoms with E-state index in [-0.39, 0.29) is 0 Å². The normalized spacial score (nSPS) is 10.8. The monoisotopic (exact) mass is 304 g/mol. The van der Waals surface area contributed by atoms with Crippen molar-refractivity contribution in [1.29, 1.82) is 0 Å². The Kier molecular flexibility index (Phi) is 4.34. The van der Waals surface area contributed by atoms with Crippen LogP contribution in [-0.2, 0) is 9.53 Å². The Morgan fingerprint density at radius 2 is 1.61 bits per heavy atom. The van der Waals surface area contributed by atoms with Crippen LogP contribution >= 0.6 is 0 Å². The molecule has 1 aromatic heterocycles. The molecule has 0 saturated carbocycles. The maximum absolute atomic E-state index is 11.4. The molecule has 0 saturated heterocycles. The number of methoxy groups -OCH3 is 1. The molecule has 0 aliphatic rings. The lowest BCUT2D eigenvalue weighted by atomic mass is 10.0. The first kappa shape index (κ1) is 14.8. The number of aromatic nitrogens is 2. The van der Waals surface area contributed by atoms with Crippen LogP contribution in [-0.4, -0.2) is 22.6 Å². The molecule has 114 valence electrons. The van der Waals surface area contributed by atoms with E-state index in [9.17, 15) is 4.79 Å². The first-order chi connectivity index (χ1) is 11.3. The van der Waals surface area contributed by atoms with Crippen molar-refractivity contribution in [3.8, 4) is 22.5 Å². The molecule has 0 bridgehead atoms. The summed E-state index contributed by atoms with van der Waals surface area (Å²) in [6, 6.07) is 19.9.